The molecule has 8 nitrogen and oxygen atoms in total. The molecule has 0 bridgehead atoms. The quantitative estimate of drug-likeness (QED) is 0.665. The lowest BCUT2D eigenvalue weighted by Gasteiger charge is -2.13. The number of carbonyl (C=O) groups is 3. The maximum absolute atomic E-state index is 11.6. The highest BCUT2D eigenvalue weighted by Gasteiger charge is 2.34. The molecule has 1 aliphatic heterocycles. The molecule has 1 fully saturated rings. The summed E-state index contributed by atoms with van der Waals surface area (Å²) in [5.74, 6) is -0.749. The summed E-state index contributed by atoms with van der Waals surface area (Å²) >= 11 is 0. The summed E-state index contributed by atoms with van der Waals surface area (Å²) in [6.07, 6.45) is 3.09. The Labute approximate surface area is 103 Å². The van der Waals surface area contributed by atoms with Crippen LogP contribution < -0.4 is 5.32 Å². The third-order valence-corrected chi connectivity index (χ3v) is 2.56. The number of aromatic nitrogens is 2. The topological polar surface area (TPSA) is 98.4 Å². The fourth-order valence-electron chi connectivity index (χ4n) is 1.60. The van der Waals surface area contributed by atoms with E-state index in [1.54, 1.807) is 6.20 Å². The smallest absolute Gasteiger partial charge is 0.327 e. The van der Waals surface area contributed by atoms with Gasteiger partial charge >= 0.3 is 6.03 Å². The number of nitrogens with one attached hydrogen (secondary N) is 2. The van der Waals surface area contributed by atoms with Crippen molar-refractivity contribution in [1.29, 1.82) is 0 Å². The van der Waals surface area contributed by atoms with Crippen molar-refractivity contribution in [2.45, 2.75) is 6.54 Å². The van der Waals surface area contributed by atoms with E-state index in [-0.39, 0.29) is 31.4 Å². The monoisotopic (exact) mass is 251 g/mol. The first-order chi connectivity index (χ1) is 8.58. The lowest BCUT2D eigenvalue weighted by molar-refractivity contribution is -0.130. The largest absolute Gasteiger partial charge is 0.349 e. The number of H-pyrrole nitrogens is 1. The van der Waals surface area contributed by atoms with Crippen LogP contribution in [0.4, 0.5) is 4.79 Å². The molecule has 0 spiro atoms. The van der Waals surface area contributed by atoms with Gasteiger partial charge < -0.3 is 15.2 Å². The molecule has 0 aromatic carbocycles. The average molecular weight is 251 g/mol. The number of hydrogen-bond donors (Lipinski definition) is 2. The molecule has 0 aliphatic carbocycles. The van der Waals surface area contributed by atoms with Gasteiger partial charge in [0.15, 0.2) is 0 Å². The molecule has 2 N–H and O–H groups in total. The van der Waals surface area contributed by atoms with Gasteiger partial charge in [0, 0.05) is 13.2 Å². The van der Waals surface area contributed by atoms with E-state index in [1.807, 2.05) is 0 Å². The zero-order chi connectivity index (χ0) is 13.1. The van der Waals surface area contributed by atoms with Crippen LogP contribution in [0.5, 0.6) is 0 Å². The summed E-state index contributed by atoms with van der Waals surface area (Å²) in [5.41, 5.74) is 0.750. The summed E-state index contributed by atoms with van der Waals surface area (Å²) < 4.78 is 0. The van der Waals surface area contributed by atoms with E-state index in [1.165, 1.54) is 18.3 Å². The SMILES string of the molecule is CN1CC(=O)N(CC(=O)NCc2cnc[nH]2)C1=O. The average Bonchev–Trinajstić information content (AvgIpc) is 2.92. The standard InChI is InChI=1S/C10H13N5O3/c1-14-5-9(17)15(10(14)18)4-8(16)12-3-7-2-11-6-13-7/h2,6H,3-5H2,1H3,(H,11,13)(H,12,16). The molecule has 1 saturated heterocycles. The molecule has 0 unspecified atom stereocenters. The van der Waals surface area contributed by atoms with Crippen LogP contribution in [-0.4, -0.2) is 57.8 Å². The Kier molecular flexibility index (Phi) is 3.26. The summed E-state index contributed by atoms with van der Waals surface area (Å²) in [6, 6.07) is -0.448. The predicted octanol–water partition coefficient (Wildman–Crippen LogP) is -1.08. The van der Waals surface area contributed by atoms with Gasteiger partial charge in [-0.05, 0) is 0 Å². The number of hydrogen-bond acceptors (Lipinski definition) is 4. The van der Waals surface area contributed by atoms with E-state index < -0.39 is 6.03 Å². The van der Waals surface area contributed by atoms with Gasteiger partial charge in [0.25, 0.3) is 5.91 Å². The summed E-state index contributed by atoms with van der Waals surface area (Å²) in [5, 5.41) is 2.59. The number of aromatic amines is 1. The Morgan fingerprint density at radius 2 is 2.33 bits per heavy atom. The second-order valence-electron chi connectivity index (χ2n) is 3.97. The van der Waals surface area contributed by atoms with Crippen molar-refractivity contribution in [3.05, 3.63) is 18.2 Å². The van der Waals surface area contributed by atoms with Crippen LogP contribution in [0.1, 0.15) is 5.69 Å². The first kappa shape index (κ1) is 12.1. The molecular weight excluding hydrogens is 238 g/mol. The molecule has 2 rings (SSSR count). The van der Waals surface area contributed by atoms with Crippen LogP contribution in [0.3, 0.4) is 0 Å². The van der Waals surface area contributed by atoms with E-state index in [0.29, 0.717) is 0 Å². The minimum atomic E-state index is -0.448. The fraction of sp³-hybridized carbons (Fsp3) is 0.400. The summed E-state index contributed by atoms with van der Waals surface area (Å²) in [6.45, 7) is 0.0493. The van der Waals surface area contributed by atoms with Crippen LogP contribution in [0.2, 0.25) is 0 Å². The van der Waals surface area contributed by atoms with Gasteiger partial charge in [0.1, 0.15) is 13.1 Å². The fourth-order valence-corrected chi connectivity index (χ4v) is 1.60. The van der Waals surface area contributed by atoms with E-state index in [9.17, 15) is 14.4 Å². The van der Waals surface area contributed by atoms with Gasteiger partial charge in [0.05, 0.1) is 18.6 Å². The Morgan fingerprint density at radius 3 is 2.89 bits per heavy atom. The molecule has 96 valence electrons. The molecule has 18 heavy (non-hydrogen) atoms. The predicted molar refractivity (Wildman–Crippen MR) is 60.2 cm³/mol. The first-order valence-corrected chi connectivity index (χ1v) is 5.37. The first-order valence-electron chi connectivity index (χ1n) is 5.37. The zero-order valence-corrected chi connectivity index (χ0v) is 9.84. The molecule has 1 aromatic heterocycles. The van der Waals surface area contributed by atoms with Crippen LogP contribution in [0.15, 0.2) is 12.5 Å². The van der Waals surface area contributed by atoms with Crippen LogP contribution in [-0.2, 0) is 16.1 Å². The van der Waals surface area contributed by atoms with Crippen molar-refractivity contribution < 1.29 is 14.4 Å². The second kappa shape index (κ2) is 4.86. The summed E-state index contributed by atoms with van der Waals surface area (Å²) in [4.78, 5) is 43.4. The van der Waals surface area contributed by atoms with Gasteiger partial charge in [-0.1, -0.05) is 0 Å². The number of imidazole rings is 1. The second-order valence-corrected chi connectivity index (χ2v) is 3.97. The molecule has 1 aliphatic rings. The van der Waals surface area contributed by atoms with E-state index in [2.05, 4.69) is 15.3 Å². The van der Waals surface area contributed by atoms with Gasteiger partial charge in [-0.25, -0.2) is 9.78 Å². The number of amides is 4. The van der Waals surface area contributed by atoms with Crippen molar-refractivity contribution in [3.8, 4) is 0 Å². The van der Waals surface area contributed by atoms with Crippen LogP contribution in [0, 0.1) is 0 Å². The Bertz CT molecular complexity index is 470. The number of imide groups is 1. The maximum atomic E-state index is 11.6. The molecule has 4 amide bonds. The molecule has 0 saturated carbocycles. The van der Waals surface area contributed by atoms with Crippen molar-refractivity contribution >= 4 is 17.8 Å². The number of rotatable bonds is 4. The van der Waals surface area contributed by atoms with Gasteiger partial charge in [-0.2, -0.15) is 0 Å². The minimum absolute atomic E-state index is 0.0205. The van der Waals surface area contributed by atoms with Gasteiger partial charge in [-0.15, -0.1) is 0 Å². The van der Waals surface area contributed by atoms with Crippen molar-refractivity contribution in [2.24, 2.45) is 0 Å². The van der Waals surface area contributed by atoms with Gasteiger partial charge in [0.2, 0.25) is 5.91 Å². The zero-order valence-electron chi connectivity index (χ0n) is 9.84. The highest BCUT2D eigenvalue weighted by Crippen LogP contribution is 2.06. The molecule has 8 heteroatoms. The number of urea groups is 1. The van der Waals surface area contributed by atoms with E-state index >= 15 is 0 Å². The van der Waals surface area contributed by atoms with E-state index in [0.717, 1.165) is 10.6 Å². The number of carbonyl (C=O) groups excluding carboxylic acids is 3. The third kappa shape index (κ3) is 2.47. The highest BCUT2D eigenvalue weighted by atomic mass is 16.2. The summed E-state index contributed by atoms with van der Waals surface area (Å²) in [7, 11) is 1.52. The molecule has 0 radical (unpaired) electrons. The van der Waals surface area contributed by atoms with Crippen LogP contribution in [0.25, 0.3) is 0 Å². The molecule has 1 aromatic rings. The van der Waals surface area contributed by atoms with Crippen LogP contribution >= 0.6 is 0 Å². The number of likely N-dealkylation sites (N-methyl/N-ethyl adjacent to an activating group) is 1. The third-order valence-electron chi connectivity index (χ3n) is 2.56. The Morgan fingerprint density at radius 1 is 1.56 bits per heavy atom. The van der Waals surface area contributed by atoms with Crippen molar-refractivity contribution in [1.82, 2.24) is 25.1 Å². The molecular formula is C10H13N5O3. The minimum Gasteiger partial charge on any atom is -0.349 e. The highest BCUT2D eigenvalue weighted by molar-refractivity contribution is 6.04. The van der Waals surface area contributed by atoms with Crippen molar-refractivity contribution in [3.63, 3.8) is 0 Å². The lowest BCUT2D eigenvalue weighted by Crippen LogP contribution is -2.40. The number of nitrogens with zero attached hydrogens (tertiary/aromatic N) is 3. The van der Waals surface area contributed by atoms with Crippen molar-refractivity contribution in [2.75, 3.05) is 20.1 Å². The molecule has 2 heterocycles. The Balaban J connectivity index is 1.84. The van der Waals surface area contributed by atoms with Gasteiger partial charge in [-0.3, -0.25) is 14.5 Å². The van der Waals surface area contributed by atoms with E-state index in [4.69, 9.17) is 0 Å². The Hall–Kier alpha value is -2.38. The normalized spacial score (nSPS) is 15.4. The molecule has 0 atom stereocenters. The lowest BCUT2D eigenvalue weighted by atomic mass is 10.4. The maximum Gasteiger partial charge on any atom is 0.327 e.